The standard InChI is InChI=1S/C7H13N/c1-6(2)7-4-3-5-8-7/h7-8H,1,3-5H2,2H3. The molecule has 0 radical (unpaired) electrons. The van der Waals surface area contributed by atoms with Gasteiger partial charge in [0.2, 0.25) is 0 Å². The summed E-state index contributed by atoms with van der Waals surface area (Å²) in [5.74, 6) is 0. The summed E-state index contributed by atoms with van der Waals surface area (Å²) in [5.41, 5.74) is 1.28. The summed E-state index contributed by atoms with van der Waals surface area (Å²) < 4.78 is 0. The Morgan fingerprint density at radius 2 is 2.50 bits per heavy atom. The second-order valence-corrected chi connectivity index (χ2v) is 2.50. The molecule has 1 saturated heterocycles. The van der Waals surface area contributed by atoms with E-state index >= 15 is 0 Å². The molecule has 1 N–H and O–H groups in total. The van der Waals surface area contributed by atoms with Gasteiger partial charge >= 0.3 is 0 Å². The fourth-order valence-corrected chi connectivity index (χ4v) is 1.11. The van der Waals surface area contributed by atoms with Crippen molar-refractivity contribution in [3.63, 3.8) is 0 Å². The molecule has 1 aliphatic heterocycles. The van der Waals surface area contributed by atoms with E-state index < -0.39 is 0 Å². The first-order valence-corrected chi connectivity index (χ1v) is 3.19. The zero-order chi connectivity index (χ0) is 5.98. The van der Waals surface area contributed by atoms with Crippen LogP contribution in [0.5, 0.6) is 0 Å². The molecule has 1 heteroatoms. The lowest BCUT2D eigenvalue weighted by atomic mass is 10.1. The van der Waals surface area contributed by atoms with Gasteiger partial charge in [-0.25, -0.2) is 0 Å². The molecule has 1 aliphatic rings. The second kappa shape index (κ2) is 2.31. The molecular formula is C7H13N. The predicted molar refractivity (Wildman–Crippen MR) is 35.8 cm³/mol. The van der Waals surface area contributed by atoms with Crippen LogP contribution in [0.15, 0.2) is 12.2 Å². The van der Waals surface area contributed by atoms with Crippen LogP contribution in [-0.2, 0) is 0 Å². The van der Waals surface area contributed by atoms with Crippen LogP contribution in [0.1, 0.15) is 19.8 Å². The Balaban J connectivity index is 2.35. The third-order valence-corrected chi connectivity index (χ3v) is 1.66. The topological polar surface area (TPSA) is 12.0 Å². The third-order valence-electron chi connectivity index (χ3n) is 1.66. The maximum absolute atomic E-state index is 3.87. The lowest BCUT2D eigenvalue weighted by Crippen LogP contribution is -2.21. The number of hydrogen-bond donors (Lipinski definition) is 1. The van der Waals surface area contributed by atoms with Crippen LogP contribution in [-0.4, -0.2) is 12.6 Å². The van der Waals surface area contributed by atoms with Crippen molar-refractivity contribution >= 4 is 0 Å². The SMILES string of the molecule is C=C(C)C1CCCN1. The minimum absolute atomic E-state index is 0.620. The van der Waals surface area contributed by atoms with E-state index in [4.69, 9.17) is 0 Å². The number of hydrogen-bond acceptors (Lipinski definition) is 1. The number of nitrogens with one attached hydrogen (secondary N) is 1. The molecule has 0 aliphatic carbocycles. The van der Waals surface area contributed by atoms with Gasteiger partial charge in [0.15, 0.2) is 0 Å². The van der Waals surface area contributed by atoms with Crippen molar-refractivity contribution < 1.29 is 0 Å². The lowest BCUT2D eigenvalue weighted by Gasteiger charge is -2.06. The zero-order valence-corrected chi connectivity index (χ0v) is 5.41. The molecule has 1 rings (SSSR count). The highest BCUT2D eigenvalue weighted by atomic mass is 14.9. The third kappa shape index (κ3) is 1.10. The molecule has 1 fully saturated rings. The minimum Gasteiger partial charge on any atom is -0.310 e. The molecule has 0 aromatic heterocycles. The van der Waals surface area contributed by atoms with Crippen molar-refractivity contribution in [1.29, 1.82) is 0 Å². The van der Waals surface area contributed by atoms with Crippen LogP contribution in [0.25, 0.3) is 0 Å². The molecule has 0 aromatic rings. The van der Waals surface area contributed by atoms with E-state index in [0.29, 0.717) is 6.04 Å². The van der Waals surface area contributed by atoms with Gasteiger partial charge in [-0.1, -0.05) is 12.2 Å². The molecule has 0 bridgehead atoms. The Labute approximate surface area is 50.8 Å². The van der Waals surface area contributed by atoms with Gasteiger partial charge in [0.05, 0.1) is 0 Å². The Kier molecular flexibility index (Phi) is 1.69. The summed E-state index contributed by atoms with van der Waals surface area (Å²) in [5, 5.41) is 3.36. The average Bonchev–Trinajstić information content (AvgIpc) is 2.12. The molecule has 0 aromatic carbocycles. The van der Waals surface area contributed by atoms with E-state index in [1.807, 2.05) is 0 Å². The van der Waals surface area contributed by atoms with Crippen molar-refractivity contribution in [2.24, 2.45) is 0 Å². The first kappa shape index (κ1) is 5.83. The van der Waals surface area contributed by atoms with Crippen LogP contribution >= 0.6 is 0 Å². The van der Waals surface area contributed by atoms with Gasteiger partial charge in [0, 0.05) is 6.04 Å². The highest BCUT2D eigenvalue weighted by Crippen LogP contribution is 2.10. The predicted octanol–water partition coefficient (Wildman–Crippen LogP) is 1.31. The average molecular weight is 111 g/mol. The quantitative estimate of drug-likeness (QED) is 0.503. The molecular weight excluding hydrogens is 98.1 g/mol. The molecule has 1 heterocycles. The van der Waals surface area contributed by atoms with Gasteiger partial charge in [-0.15, -0.1) is 0 Å². The lowest BCUT2D eigenvalue weighted by molar-refractivity contribution is 0.692. The smallest absolute Gasteiger partial charge is 0.0274 e. The molecule has 46 valence electrons. The minimum atomic E-state index is 0.620. The summed E-state index contributed by atoms with van der Waals surface area (Å²) in [6, 6.07) is 0.620. The normalized spacial score (nSPS) is 28.4. The Bertz CT molecular complexity index is 90.6. The van der Waals surface area contributed by atoms with Gasteiger partial charge < -0.3 is 5.32 Å². The van der Waals surface area contributed by atoms with Crippen molar-refractivity contribution in [2.45, 2.75) is 25.8 Å². The van der Waals surface area contributed by atoms with E-state index in [9.17, 15) is 0 Å². The largest absolute Gasteiger partial charge is 0.310 e. The highest BCUT2D eigenvalue weighted by Gasteiger charge is 2.12. The highest BCUT2D eigenvalue weighted by molar-refractivity contribution is 5.03. The van der Waals surface area contributed by atoms with E-state index in [0.717, 1.165) is 0 Å². The fraction of sp³-hybridized carbons (Fsp3) is 0.714. The molecule has 0 spiro atoms. The monoisotopic (exact) mass is 111 g/mol. The van der Waals surface area contributed by atoms with Gasteiger partial charge in [0.25, 0.3) is 0 Å². The first-order chi connectivity index (χ1) is 3.80. The Hall–Kier alpha value is -0.300. The second-order valence-electron chi connectivity index (χ2n) is 2.50. The maximum Gasteiger partial charge on any atom is 0.0274 e. The molecule has 1 unspecified atom stereocenters. The van der Waals surface area contributed by atoms with Crippen molar-refractivity contribution in [1.82, 2.24) is 5.32 Å². The summed E-state index contributed by atoms with van der Waals surface area (Å²) >= 11 is 0. The van der Waals surface area contributed by atoms with E-state index in [1.165, 1.54) is 25.0 Å². The van der Waals surface area contributed by atoms with Gasteiger partial charge in [-0.05, 0) is 26.3 Å². The summed E-state index contributed by atoms with van der Waals surface area (Å²) in [6.45, 7) is 7.14. The fourth-order valence-electron chi connectivity index (χ4n) is 1.11. The first-order valence-electron chi connectivity index (χ1n) is 3.19. The molecule has 0 amide bonds. The van der Waals surface area contributed by atoms with Gasteiger partial charge in [0.1, 0.15) is 0 Å². The molecule has 1 atom stereocenters. The van der Waals surface area contributed by atoms with Crippen LogP contribution in [0.3, 0.4) is 0 Å². The van der Waals surface area contributed by atoms with Crippen molar-refractivity contribution in [2.75, 3.05) is 6.54 Å². The number of rotatable bonds is 1. The van der Waals surface area contributed by atoms with Crippen LogP contribution in [0.4, 0.5) is 0 Å². The molecule has 1 nitrogen and oxygen atoms in total. The Morgan fingerprint density at radius 1 is 1.75 bits per heavy atom. The molecule has 0 saturated carbocycles. The summed E-state index contributed by atoms with van der Waals surface area (Å²) in [7, 11) is 0. The van der Waals surface area contributed by atoms with Crippen molar-refractivity contribution in [3.8, 4) is 0 Å². The van der Waals surface area contributed by atoms with Gasteiger partial charge in [-0.3, -0.25) is 0 Å². The summed E-state index contributed by atoms with van der Waals surface area (Å²) in [4.78, 5) is 0. The van der Waals surface area contributed by atoms with E-state index in [1.54, 1.807) is 0 Å². The van der Waals surface area contributed by atoms with Crippen LogP contribution in [0.2, 0.25) is 0 Å². The van der Waals surface area contributed by atoms with E-state index in [-0.39, 0.29) is 0 Å². The van der Waals surface area contributed by atoms with Crippen LogP contribution < -0.4 is 5.32 Å². The zero-order valence-electron chi connectivity index (χ0n) is 5.41. The Morgan fingerprint density at radius 3 is 2.75 bits per heavy atom. The van der Waals surface area contributed by atoms with Crippen LogP contribution in [0, 0.1) is 0 Å². The molecule has 8 heavy (non-hydrogen) atoms. The van der Waals surface area contributed by atoms with E-state index in [2.05, 4.69) is 18.8 Å². The summed E-state index contributed by atoms with van der Waals surface area (Å²) in [6.07, 6.45) is 2.60. The van der Waals surface area contributed by atoms with Gasteiger partial charge in [-0.2, -0.15) is 0 Å². The van der Waals surface area contributed by atoms with Crippen molar-refractivity contribution in [3.05, 3.63) is 12.2 Å². The maximum atomic E-state index is 3.87.